The van der Waals surface area contributed by atoms with Crippen LogP contribution >= 0.6 is 12.6 Å². The van der Waals surface area contributed by atoms with Gasteiger partial charge in [0, 0.05) is 12.8 Å². The van der Waals surface area contributed by atoms with Gasteiger partial charge in [0.2, 0.25) is 0 Å². The van der Waals surface area contributed by atoms with Crippen molar-refractivity contribution in [1.82, 2.24) is 0 Å². The molecular formula is C14H17F3NO2S+. The SMILES string of the molecule is O=C(CS)OC1(c2ccc(C(F)(F)F)cc2)CC[NH2+]CC1. The zero-order chi connectivity index (χ0) is 15.5. The Hall–Kier alpha value is -1.21. The molecule has 0 aromatic heterocycles. The summed E-state index contributed by atoms with van der Waals surface area (Å²) in [4.78, 5) is 11.6. The van der Waals surface area contributed by atoms with Crippen molar-refractivity contribution in [2.75, 3.05) is 18.8 Å². The third-order valence-corrected chi connectivity index (χ3v) is 3.94. The molecule has 1 aliphatic heterocycles. The minimum absolute atomic E-state index is 0.0495. The number of quaternary nitrogens is 1. The standard InChI is InChI=1S/C14H16F3NO2S/c15-14(16,17)11-3-1-10(2-4-11)13(20-12(19)9-21)5-7-18-8-6-13/h1-4,18,21H,5-9H2/p+1. The highest BCUT2D eigenvalue weighted by Gasteiger charge is 2.40. The Labute approximate surface area is 126 Å². The summed E-state index contributed by atoms with van der Waals surface area (Å²) in [7, 11) is 0. The van der Waals surface area contributed by atoms with Crippen molar-refractivity contribution in [2.45, 2.75) is 24.6 Å². The second kappa shape index (κ2) is 6.27. The summed E-state index contributed by atoms with van der Waals surface area (Å²) in [6.45, 7) is 1.53. The summed E-state index contributed by atoms with van der Waals surface area (Å²) in [6.07, 6.45) is -3.20. The van der Waals surface area contributed by atoms with E-state index in [-0.39, 0.29) is 5.75 Å². The normalized spacial score (nSPS) is 18.3. The Kier molecular flexibility index (Phi) is 4.83. The highest BCUT2D eigenvalue weighted by atomic mass is 32.1. The van der Waals surface area contributed by atoms with Crippen LogP contribution in [0, 0.1) is 0 Å². The van der Waals surface area contributed by atoms with Gasteiger partial charge in [0.05, 0.1) is 24.4 Å². The van der Waals surface area contributed by atoms with Gasteiger partial charge in [-0.05, 0) is 17.7 Å². The average molecular weight is 320 g/mol. The Morgan fingerprint density at radius 1 is 1.24 bits per heavy atom. The van der Waals surface area contributed by atoms with E-state index in [1.807, 2.05) is 0 Å². The number of rotatable bonds is 3. The monoisotopic (exact) mass is 320 g/mol. The maximum Gasteiger partial charge on any atom is 0.416 e. The van der Waals surface area contributed by atoms with E-state index in [0.29, 0.717) is 18.4 Å². The molecule has 0 bridgehead atoms. The molecule has 116 valence electrons. The summed E-state index contributed by atoms with van der Waals surface area (Å²) in [6, 6.07) is 4.87. The summed E-state index contributed by atoms with van der Waals surface area (Å²) in [5, 5.41) is 2.09. The first kappa shape index (κ1) is 16.2. The molecule has 0 aliphatic carbocycles. The number of benzene rings is 1. The smallest absolute Gasteiger partial charge is 0.416 e. The first-order chi connectivity index (χ1) is 9.87. The molecule has 1 saturated heterocycles. The molecule has 0 amide bonds. The first-order valence-corrected chi connectivity index (χ1v) is 7.33. The van der Waals surface area contributed by atoms with E-state index in [9.17, 15) is 18.0 Å². The van der Waals surface area contributed by atoms with E-state index in [1.54, 1.807) is 0 Å². The van der Waals surface area contributed by atoms with Crippen LogP contribution in [-0.2, 0) is 21.3 Å². The number of nitrogens with two attached hydrogens (primary N) is 1. The predicted molar refractivity (Wildman–Crippen MR) is 74.0 cm³/mol. The number of thiol groups is 1. The Morgan fingerprint density at radius 3 is 2.29 bits per heavy atom. The van der Waals surface area contributed by atoms with Crippen molar-refractivity contribution in [3.05, 3.63) is 35.4 Å². The Balaban J connectivity index is 2.30. The van der Waals surface area contributed by atoms with E-state index >= 15 is 0 Å². The van der Waals surface area contributed by atoms with Crippen LogP contribution in [0.15, 0.2) is 24.3 Å². The summed E-state index contributed by atoms with van der Waals surface area (Å²) >= 11 is 3.89. The molecule has 7 heteroatoms. The van der Waals surface area contributed by atoms with Crippen LogP contribution in [0.1, 0.15) is 24.0 Å². The number of alkyl halides is 3. The number of halogens is 3. The zero-order valence-corrected chi connectivity index (χ0v) is 12.2. The van der Waals surface area contributed by atoms with E-state index in [2.05, 4.69) is 17.9 Å². The van der Waals surface area contributed by atoms with E-state index in [0.717, 1.165) is 25.2 Å². The van der Waals surface area contributed by atoms with E-state index in [4.69, 9.17) is 4.74 Å². The van der Waals surface area contributed by atoms with Crippen molar-refractivity contribution in [3.63, 3.8) is 0 Å². The van der Waals surface area contributed by atoms with Crippen molar-refractivity contribution in [1.29, 1.82) is 0 Å². The molecule has 0 atom stereocenters. The van der Waals surface area contributed by atoms with Gasteiger partial charge in [-0.2, -0.15) is 25.8 Å². The van der Waals surface area contributed by atoms with Crippen molar-refractivity contribution < 1.29 is 28.0 Å². The fourth-order valence-electron chi connectivity index (χ4n) is 2.60. The molecule has 0 saturated carbocycles. The van der Waals surface area contributed by atoms with Gasteiger partial charge in [-0.15, -0.1) is 0 Å². The summed E-state index contributed by atoms with van der Waals surface area (Å²) < 4.78 is 43.4. The lowest BCUT2D eigenvalue weighted by Gasteiger charge is -2.36. The van der Waals surface area contributed by atoms with Gasteiger partial charge in [-0.1, -0.05) is 12.1 Å². The molecule has 2 N–H and O–H groups in total. The Bertz CT molecular complexity index is 496. The van der Waals surface area contributed by atoms with E-state index in [1.165, 1.54) is 12.1 Å². The van der Waals surface area contributed by atoms with Crippen molar-refractivity contribution >= 4 is 18.6 Å². The molecule has 1 aliphatic rings. The van der Waals surface area contributed by atoms with Crippen molar-refractivity contribution in [3.8, 4) is 0 Å². The number of piperidine rings is 1. The highest BCUT2D eigenvalue weighted by molar-refractivity contribution is 7.81. The maximum atomic E-state index is 12.6. The highest BCUT2D eigenvalue weighted by Crippen LogP contribution is 2.36. The second-order valence-electron chi connectivity index (χ2n) is 5.07. The van der Waals surface area contributed by atoms with E-state index < -0.39 is 23.3 Å². The van der Waals surface area contributed by atoms with Crippen LogP contribution in [0.5, 0.6) is 0 Å². The van der Waals surface area contributed by atoms with Crippen LogP contribution in [-0.4, -0.2) is 24.8 Å². The van der Waals surface area contributed by atoms with Gasteiger partial charge < -0.3 is 10.1 Å². The first-order valence-electron chi connectivity index (χ1n) is 6.69. The minimum Gasteiger partial charge on any atom is -0.453 e. The fraction of sp³-hybridized carbons (Fsp3) is 0.500. The quantitative estimate of drug-likeness (QED) is 0.658. The number of esters is 1. The van der Waals surface area contributed by atoms with Crippen LogP contribution in [0.4, 0.5) is 13.2 Å². The largest absolute Gasteiger partial charge is 0.453 e. The molecule has 0 radical (unpaired) electrons. The number of ether oxygens (including phenoxy) is 1. The molecular weight excluding hydrogens is 303 g/mol. The molecule has 2 rings (SSSR count). The third-order valence-electron chi connectivity index (χ3n) is 3.68. The number of hydrogen-bond donors (Lipinski definition) is 2. The lowest BCUT2D eigenvalue weighted by atomic mass is 9.84. The van der Waals surface area contributed by atoms with Crippen LogP contribution in [0.3, 0.4) is 0 Å². The molecule has 0 spiro atoms. The molecule has 21 heavy (non-hydrogen) atoms. The van der Waals surface area contributed by atoms with Crippen LogP contribution < -0.4 is 5.32 Å². The molecule has 1 fully saturated rings. The summed E-state index contributed by atoms with van der Waals surface area (Å²) in [5.41, 5.74) is -0.929. The zero-order valence-electron chi connectivity index (χ0n) is 11.3. The molecule has 1 aromatic rings. The molecule has 0 unspecified atom stereocenters. The summed E-state index contributed by atoms with van der Waals surface area (Å²) in [5.74, 6) is -0.508. The fourth-order valence-corrected chi connectivity index (χ4v) is 2.67. The molecule has 1 heterocycles. The van der Waals surface area contributed by atoms with Gasteiger partial charge in [0.1, 0.15) is 5.60 Å². The van der Waals surface area contributed by atoms with Crippen molar-refractivity contribution in [2.24, 2.45) is 0 Å². The van der Waals surface area contributed by atoms with Crippen LogP contribution in [0.2, 0.25) is 0 Å². The van der Waals surface area contributed by atoms with Gasteiger partial charge >= 0.3 is 12.1 Å². The molecule has 3 nitrogen and oxygen atoms in total. The maximum absolute atomic E-state index is 12.6. The minimum atomic E-state index is -4.37. The molecule has 1 aromatic carbocycles. The Morgan fingerprint density at radius 2 is 1.81 bits per heavy atom. The second-order valence-corrected chi connectivity index (χ2v) is 5.38. The lowest BCUT2D eigenvalue weighted by molar-refractivity contribution is -0.668. The number of hydrogen-bond acceptors (Lipinski definition) is 3. The van der Waals surface area contributed by atoms with Gasteiger partial charge in [-0.3, -0.25) is 4.79 Å². The lowest BCUT2D eigenvalue weighted by Crippen LogP contribution is -2.87. The van der Waals surface area contributed by atoms with Gasteiger partial charge in [-0.25, -0.2) is 0 Å². The number of carbonyl (C=O) groups excluding carboxylic acids is 1. The average Bonchev–Trinajstić information content (AvgIpc) is 2.47. The van der Waals surface area contributed by atoms with Gasteiger partial charge in [0.15, 0.2) is 0 Å². The van der Waals surface area contributed by atoms with Crippen LogP contribution in [0.25, 0.3) is 0 Å². The van der Waals surface area contributed by atoms with Gasteiger partial charge in [0.25, 0.3) is 0 Å². The predicted octanol–water partition coefficient (Wildman–Crippen LogP) is 1.73. The third kappa shape index (κ3) is 3.71. The number of carbonyl (C=O) groups is 1. The topological polar surface area (TPSA) is 42.9 Å².